The number of hydrogen-bond donors (Lipinski definition) is 1. The molecule has 27 heavy (non-hydrogen) atoms. The predicted octanol–water partition coefficient (Wildman–Crippen LogP) is 3.34. The van der Waals surface area contributed by atoms with E-state index in [2.05, 4.69) is 27.2 Å². The van der Waals surface area contributed by atoms with Crippen molar-refractivity contribution < 1.29 is 9.18 Å². The number of fused-ring (bicyclic) bond motifs is 1. The van der Waals surface area contributed by atoms with Gasteiger partial charge in [0.15, 0.2) is 0 Å². The lowest BCUT2D eigenvalue weighted by molar-refractivity contribution is -0.125. The lowest BCUT2D eigenvalue weighted by Gasteiger charge is -2.31. The smallest absolute Gasteiger partial charge is 0.224 e. The third-order valence-electron chi connectivity index (χ3n) is 4.78. The summed E-state index contributed by atoms with van der Waals surface area (Å²) in [4.78, 5) is 19.9. The van der Waals surface area contributed by atoms with Gasteiger partial charge in [-0.3, -0.25) is 4.79 Å². The third kappa shape index (κ3) is 3.80. The minimum atomic E-state index is -0.261. The molecule has 142 valence electrons. The van der Waals surface area contributed by atoms with E-state index < -0.39 is 0 Å². The number of hydrogen-bond acceptors (Lipinski definition) is 5. The Hall–Kier alpha value is -2.48. The van der Waals surface area contributed by atoms with Crippen LogP contribution in [-0.4, -0.2) is 40.1 Å². The number of carbonyl (C=O) groups excluding carboxylic acids is 1. The van der Waals surface area contributed by atoms with E-state index in [1.165, 1.54) is 23.5 Å². The molecule has 2 aromatic heterocycles. The van der Waals surface area contributed by atoms with Crippen LogP contribution < -0.4 is 10.2 Å². The van der Waals surface area contributed by atoms with Gasteiger partial charge in [0, 0.05) is 25.2 Å². The van der Waals surface area contributed by atoms with Crippen LogP contribution in [0.15, 0.2) is 30.5 Å². The van der Waals surface area contributed by atoms with E-state index in [-0.39, 0.29) is 17.6 Å². The maximum Gasteiger partial charge on any atom is 0.224 e. The van der Waals surface area contributed by atoms with Crippen molar-refractivity contribution in [3.05, 3.63) is 36.3 Å². The van der Waals surface area contributed by atoms with E-state index in [4.69, 9.17) is 0 Å². The monoisotopic (exact) mass is 387 g/mol. The summed E-state index contributed by atoms with van der Waals surface area (Å²) in [6.07, 6.45) is 4.70. The average molecular weight is 387 g/mol. The van der Waals surface area contributed by atoms with Gasteiger partial charge in [-0.1, -0.05) is 18.3 Å². The summed E-state index contributed by atoms with van der Waals surface area (Å²) in [5.74, 6) is -0.111. The Morgan fingerprint density at radius 3 is 2.93 bits per heavy atom. The van der Waals surface area contributed by atoms with E-state index in [0.717, 1.165) is 53.7 Å². The molecule has 4 rings (SSSR count). The van der Waals surface area contributed by atoms with E-state index >= 15 is 0 Å². The molecule has 0 radical (unpaired) electrons. The van der Waals surface area contributed by atoms with Crippen LogP contribution in [0.25, 0.3) is 16.2 Å². The van der Waals surface area contributed by atoms with Crippen molar-refractivity contribution >= 4 is 27.3 Å². The van der Waals surface area contributed by atoms with Crippen molar-refractivity contribution in [2.45, 2.75) is 26.2 Å². The second kappa shape index (κ2) is 7.64. The number of amides is 1. The highest BCUT2D eigenvalue weighted by Gasteiger charge is 2.27. The highest BCUT2D eigenvalue weighted by atomic mass is 32.1. The Morgan fingerprint density at radius 1 is 1.37 bits per heavy atom. The minimum absolute atomic E-state index is 0.0105. The molecule has 1 N–H and O–H groups in total. The predicted molar refractivity (Wildman–Crippen MR) is 104 cm³/mol. The molecule has 0 bridgehead atoms. The minimum Gasteiger partial charge on any atom is -0.356 e. The molecular formula is C19H22FN5OS. The van der Waals surface area contributed by atoms with Gasteiger partial charge in [-0.2, -0.15) is 0 Å². The molecule has 1 unspecified atom stereocenters. The van der Waals surface area contributed by atoms with E-state index in [9.17, 15) is 9.18 Å². The van der Waals surface area contributed by atoms with Crippen LogP contribution in [0.3, 0.4) is 0 Å². The number of rotatable bonds is 5. The first-order chi connectivity index (χ1) is 13.1. The topological polar surface area (TPSA) is 62.5 Å². The SMILES string of the molecule is CCCNC(=O)C1CCCN(c2nn3cc(-c4ccc(F)cc4)nc3s2)C1. The molecule has 1 saturated heterocycles. The van der Waals surface area contributed by atoms with E-state index in [0.29, 0.717) is 6.54 Å². The highest BCUT2D eigenvalue weighted by molar-refractivity contribution is 7.20. The van der Waals surface area contributed by atoms with Gasteiger partial charge in [0.2, 0.25) is 16.0 Å². The lowest BCUT2D eigenvalue weighted by Crippen LogP contribution is -2.43. The van der Waals surface area contributed by atoms with Crippen LogP contribution >= 0.6 is 11.3 Å². The molecule has 6 nitrogen and oxygen atoms in total. The maximum absolute atomic E-state index is 13.1. The molecule has 0 aliphatic carbocycles. The summed E-state index contributed by atoms with van der Waals surface area (Å²) in [6.45, 7) is 4.38. The quantitative estimate of drug-likeness (QED) is 0.729. The van der Waals surface area contributed by atoms with Gasteiger partial charge in [0.1, 0.15) is 5.82 Å². The number of nitrogens with zero attached hydrogens (tertiary/aromatic N) is 4. The van der Waals surface area contributed by atoms with E-state index in [1.54, 1.807) is 16.6 Å². The number of halogens is 1. The second-order valence-electron chi connectivity index (χ2n) is 6.82. The molecule has 1 fully saturated rings. The molecule has 0 spiro atoms. The fraction of sp³-hybridized carbons (Fsp3) is 0.421. The number of carbonyl (C=O) groups is 1. The van der Waals surface area contributed by atoms with E-state index in [1.807, 2.05) is 6.20 Å². The van der Waals surface area contributed by atoms with Crippen molar-refractivity contribution in [2.24, 2.45) is 5.92 Å². The number of anilines is 1. The molecule has 3 heterocycles. The van der Waals surface area contributed by atoms with Crippen LogP contribution in [-0.2, 0) is 4.79 Å². The highest BCUT2D eigenvalue weighted by Crippen LogP contribution is 2.29. The molecule has 8 heteroatoms. The molecule has 1 aliphatic rings. The molecule has 0 saturated carbocycles. The molecule has 1 atom stereocenters. The standard InChI is InChI=1S/C19H22FN5OS/c1-2-9-21-17(26)14-4-3-10-24(11-14)19-23-25-12-16(22-18(25)27-19)13-5-7-15(20)8-6-13/h5-8,12,14H,2-4,9-11H2,1H3,(H,21,26). The summed E-state index contributed by atoms with van der Waals surface area (Å²) in [6, 6.07) is 6.29. The van der Waals surface area contributed by atoms with Crippen LogP contribution in [0.1, 0.15) is 26.2 Å². The molecule has 1 amide bonds. The second-order valence-corrected chi connectivity index (χ2v) is 7.76. The summed E-state index contributed by atoms with van der Waals surface area (Å²) in [5, 5.41) is 8.53. The number of benzene rings is 1. The number of imidazole rings is 1. The fourth-order valence-electron chi connectivity index (χ4n) is 3.33. The average Bonchev–Trinajstić information content (AvgIpc) is 3.26. The van der Waals surface area contributed by atoms with Crippen LogP contribution in [0.4, 0.5) is 9.52 Å². The third-order valence-corrected chi connectivity index (χ3v) is 5.77. The summed E-state index contributed by atoms with van der Waals surface area (Å²) < 4.78 is 14.9. The molecular weight excluding hydrogens is 365 g/mol. The molecule has 1 aromatic carbocycles. The van der Waals surface area contributed by atoms with Gasteiger partial charge in [0.25, 0.3) is 0 Å². The first kappa shape index (κ1) is 17.9. The first-order valence-corrected chi connectivity index (χ1v) is 10.1. The zero-order chi connectivity index (χ0) is 18.8. The lowest BCUT2D eigenvalue weighted by atomic mass is 9.97. The van der Waals surface area contributed by atoms with Crippen LogP contribution in [0.5, 0.6) is 0 Å². The summed E-state index contributed by atoms with van der Waals surface area (Å²) in [5.41, 5.74) is 1.64. The van der Waals surface area contributed by atoms with Crippen molar-refractivity contribution in [2.75, 3.05) is 24.5 Å². The van der Waals surface area contributed by atoms with Gasteiger partial charge in [-0.05, 0) is 43.5 Å². The number of aromatic nitrogens is 3. The van der Waals surface area contributed by atoms with Crippen LogP contribution in [0, 0.1) is 11.7 Å². The van der Waals surface area contributed by atoms with Gasteiger partial charge in [-0.25, -0.2) is 13.9 Å². The van der Waals surface area contributed by atoms with Gasteiger partial charge in [-0.15, -0.1) is 5.10 Å². The van der Waals surface area contributed by atoms with Crippen LogP contribution in [0.2, 0.25) is 0 Å². The first-order valence-electron chi connectivity index (χ1n) is 9.29. The fourth-order valence-corrected chi connectivity index (χ4v) is 4.25. The zero-order valence-corrected chi connectivity index (χ0v) is 16.0. The Morgan fingerprint density at radius 2 is 2.19 bits per heavy atom. The Labute approximate surface area is 161 Å². The summed E-state index contributed by atoms with van der Waals surface area (Å²) in [7, 11) is 0. The largest absolute Gasteiger partial charge is 0.356 e. The van der Waals surface area contributed by atoms with Gasteiger partial charge < -0.3 is 10.2 Å². The molecule has 3 aromatic rings. The Balaban J connectivity index is 1.50. The van der Waals surface area contributed by atoms with Gasteiger partial charge in [0.05, 0.1) is 17.8 Å². The number of nitrogens with one attached hydrogen (secondary N) is 1. The Bertz CT molecular complexity index is 904. The normalized spacial score (nSPS) is 17.4. The van der Waals surface area contributed by atoms with Crippen molar-refractivity contribution in [3.8, 4) is 11.3 Å². The zero-order valence-electron chi connectivity index (χ0n) is 15.2. The summed E-state index contributed by atoms with van der Waals surface area (Å²) >= 11 is 1.51. The Kier molecular flexibility index (Phi) is 5.07. The van der Waals surface area contributed by atoms with Crippen molar-refractivity contribution in [1.82, 2.24) is 19.9 Å². The van der Waals surface area contributed by atoms with Crippen molar-refractivity contribution in [3.63, 3.8) is 0 Å². The molecule has 1 aliphatic heterocycles. The van der Waals surface area contributed by atoms with Crippen molar-refractivity contribution in [1.29, 1.82) is 0 Å². The number of piperidine rings is 1. The van der Waals surface area contributed by atoms with Gasteiger partial charge >= 0.3 is 0 Å². The maximum atomic E-state index is 13.1.